The Balaban J connectivity index is 2.57. The number of unbranched alkanes of at least 4 members (excludes halogenated alkanes) is 2. The van der Waals surface area contributed by atoms with Crippen molar-refractivity contribution in [2.75, 3.05) is 6.61 Å². The summed E-state index contributed by atoms with van der Waals surface area (Å²) in [4.78, 5) is 11.7. The Labute approximate surface area is 89.3 Å². The Morgan fingerprint density at radius 1 is 1.33 bits per heavy atom. The predicted molar refractivity (Wildman–Crippen MR) is 59.5 cm³/mol. The van der Waals surface area contributed by atoms with E-state index in [1.807, 2.05) is 6.07 Å². The molecule has 0 saturated heterocycles. The molecule has 0 amide bonds. The van der Waals surface area contributed by atoms with Crippen molar-refractivity contribution in [1.29, 1.82) is 0 Å². The zero-order valence-electron chi connectivity index (χ0n) is 8.85. The quantitative estimate of drug-likeness (QED) is 0.671. The number of nitrogens with zero attached hydrogens (tertiary/aromatic N) is 1. The highest BCUT2D eigenvalue weighted by atomic mass is 16.2. The van der Waals surface area contributed by atoms with Crippen LogP contribution in [0.25, 0.3) is 0 Å². The van der Waals surface area contributed by atoms with Crippen LogP contribution < -0.4 is 11.3 Å². The Kier molecular flexibility index (Phi) is 5.07. The molecule has 15 heavy (non-hydrogen) atoms. The van der Waals surface area contributed by atoms with E-state index in [0.29, 0.717) is 12.1 Å². The number of aliphatic hydroxyl groups excluding tert-OH is 1. The number of rotatable bonds is 6. The molecule has 3 N–H and O–H groups in total. The minimum Gasteiger partial charge on any atom is -0.396 e. The zero-order chi connectivity index (χ0) is 11.1. The average Bonchev–Trinajstić information content (AvgIpc) is 2.26. The van der Waals surface area contributed by atoms with Crippen molar-refractivity contribution in [2.24, 2.45) is 5.73 Å². The van der Waals surface area contributed by atoms with Gasteiger partial charge in [-0.25, -0.2) is 0 Å². The maximum absolute atomic E-state index is 11.7. The van der Waals surface area contributed by atoms with Crippen LogP contribution in [0.3, 0.4) is 0 Å². The van der Waals surface area contributed by atoms with Crippen molar-refractivity contribution in [1.82, 2.24) is 4.57 Å². The molecule has 4 nitrogen and oxygen atoms in total. The van der Waals surface area contributed by atoms with Gasteiger partial charge in [-0.05, 0) is 25.3 Å². The smallest absolute Gasteiger partial charge is 0.255 e. The number of hydrogen-bond donors (Lipinski definition) is 2. The van der Waals surface area contributed by atoms with Gasteiger partial charge in [0.05, 0.1) is 0 Å². The second-order valence-corrected chi connectivity index (χ2v) is 3.52. The highest BCUT2D eigenvalue weighted by molar-refractivity contribution is 5.09. The SMILES string of the molecule is NCc1cccn(CCCCCO)c1=O. The summed E-state index contributed by atoms with van der Waals surface area (Å²) < 4.78 is 1.68. The molecule has 0 spiro atoms. The van der Waals surface area contributed by atoms with Crippen LogP contribution in [0.2, 0.25) is 0 Å². The molecule has 0 atom stereocenters. The molecular weight excluding hydrogens is 192 g/mol. The van der Waals surface area contributed by atoms with Crippen LogP contribution in [0, 0.1) is 0 Å². The van der Waals surface area contributed by atoms with Crippen LogP contribution in [0.1, 0.15) is 24.8 Å². The third-order valence-electron chi connectivity index (χ3n) is 2.38. The average molecular weight is 210 g/mol. The highest BCUT2D eigenvalue weighted by Crippen LogP contribution is 1.98. The summed E-state index contributed by atoms with van der Waals surface area (Å²) >= 11 is 0. The van der Waals surface area contributed by atoms with Gasteiger partial charge >= 0.3 is 0 Å². The number of nitrogens with two attached hydrogens (primary N) is 1. The van der Waals surface area contributed by atoms with Gasteiger partial charge in [0.1, 0.15) is 0 Å². The van der Waals surface area contributed by atoms with Gasteiger partial charge in [0.2, 0.25) is 0 Å². The van der Waals surface area contributed by atoms with Crippen LogP contribution >= 0.6 is 0 Å². The highest BCUT2D eigenvalue weighted by Gasteiger charge is 2.00. The maximum Gasteiger partial charge on any atom is 0.255 e. The number of aliphatic hydroxyl groups is 1. The second-order valence-electron chi connectivity index (χ2n) is 3.52. The van der Waals surface area contributed by atoms with Crippen LogP contribution in [-0.2, 0) is 13.1 Å². The van der Waals surface area contributed by atoms with Crippen molar-refractivity contribution >= 4 is 0 Å². The molecule has 0 aliphatic heterocycles. The summed E-state index contributed by atoms with van der Waals surface area (Å²) in [7, 11) is 0. The molecule has 0 saturated carbocycles. The van der Waals surface area contributed by atoms with Crippen molar-refractivity contribution in [2.45, 2.75) is 32.4 Å². The van der Waals surface area contributed by atoms with Gasteiger partial charge < -0.3 is 15.4 Å². The van der Waals surface area contributed by atoms with E-state index in [4.69, 9.17) is 10.8 Å². The maximum atomic E-state index is 11.7. The fourth-order valence-corrected chi connectivity index (χ4v) is 1.49. The van der Waals surface area contributed by atoms with E-state index in [-0.39, 0.29) is 18.7 Å². The first-order chi connectivity index (χ1) is 7.29. The van der Waals surface area contributed by atoms with Crippen molar-refractivity contribution in [3.8, 4) is 0 Å². The van der Waals surface area contributed by atoms with Gasteiger partial charge in [-0.15, -0.1) is 0 Å². The lowest BCUT2D eigenvalue weighted by atomic mass is 10.2. The lowest BCUT2D eigenvalue weighted by Crippen LogP contribution is -2.24. The molecule has 1 heterocycles. The molecule has 84 valence electrons. The number of aryl methyl sites for hydroxylation is 1. The standard InChI is InChI=1S/C11H18N2O2/c12-9-10-5-4-7-13(11(10)15)6-2-1-3-8-14/h4-5,7,14H,1-3,6,8-9,12H2. The lowest BCUT2D eigenvalue weighted by Gasteiger charge is -2.06. The molecule has 0 radical (unpaired) electrons. The van der Waals surface area contributed by atoms with Crippen LogP contribution in [0.15, 0.2) is 23.1 Å². The molecule has 1 rings (SSSR count). The van der Waals surface area contributed by atoms with E-state index in [2.05, 4.69) is 0 Å². The predicted octanol–water partition coefficient (Wildman–Crippen LogP) is 0.470. The Bertz CT molecular complexity index is 347. The summed E-state index contributed by atoms with van der Waals surface area (Å²) in [5, 5.41) is 8.62. The van der Waals surface area contributed by atoms with Crippen molar-refractivity contribution in [3.63, 3.8) is 0 Å². The number of aromatic nitrogens is 1. The molecule has 4 heteroatoms. The minimum absolute atomic E-state index is 0.00370. The van der Waals surface area contributed by atoms with Crippen LogP contribution in [0.5, 0.6) is 0 Å². The van der Waals surface area contributed by atoms with Crippen molar-refractivity contribution < 1.29 is 5.11 Å². The third-order valence-corrected chi connectivity index (χ3v) is 2.38. The van der Waals surface area contributed by atoms with Gasteiger partial charge in [0, 0.05) is 31.5 Å². The first-order valence-electron chi connectivity index (χ1n) is 5.29. The summed E-state index contributed by atoms with van der Waals surface area (Å²) in [6.07, 6.45) is 4.43. The van der Waals surface area contributed by atoms with Gasteiger partial charge in [0.15, 0.2) is 0 Å². The normalized spacial score (nSPS) is 10.5. The van der Waals surface area contributed by atoms with E-state index in [1.54, 1.807) is 16.8 Å². The van der Waals surface area contributed by atoms with E-state index in [1.165, 1.54) is 0 Å². The van der Waals surface area contributed by atoms with Gasteiger partial charge in [-0.3, -0.25) is 4.79 Å². The van der Waals surface area contributed by atoms with E-state index in [0.717, 1.165) is 19.3 Å². The Morgan fingerprint density at radius 3 is 2.80 bits per heavy atom. The summed E-state index contributed by atoms with van der Waals surface area (Å²) in [5.74, 6) is 0. The fourth-order valence-electron chi connectivity index (χ4n) is 1.49. The second kappa shape index (κ2) is 6.37. The topological polar surface area (TPSA) is 68.2 Å². The summed E-state index contributed by atoms with van der Waals surface area (Å²) in [5.41, 5.74) is 6.11. The van der Waals surface area contributed by atoms with Crippen LogP contribution in [0.4, 0.5) is 0 Å². The minimum atomic E-state index is 0.00370. The zero-order valence-corrected chi connectivity index (χ0v) is 8.85. The molecule has 0 aromatic carbocycles. The number of pyridine rings is 1. The Hall–Kier alpha value is -1.13. The van der Waals surface area contributed by atoms with E-state index < -0.39 is 0 Å². The molecule has 0 aliphatic rings. The van der Waals surface area contributed by atoms with E-state index >= 15 is 0 Å². The molecular formula is C11H18N2O2. The van der Waals surface area contributed by atoms with Gasteiger partial charge in [-0.2, -0.15) is 0 Å². The first-order valence-corrected chi connectivity index (χ1v) is 5.29. The molecule has 1 aromatic rings. The Morgan fingerprint density at radius 2 is 2.13 bits per heavy atom. The third kappa shape index (κ3) is 3.49. The summed E-state index contributed by atoms with van der Waals surface area (Å²) in [6, 6.07) is 3.60. The largest absolute Gasteiger partial charge is 0.396 e. The molecule has 0 bridgehead atoms. The van der Waals surface area contributed by atoms with Gasteiger partial charge in [0.25, 0.3) is 5.56 Å². The summed E-state index contributed by atoms with van der Waals surface area (Å²) in [6.45, 7) is 1.21. The first kappa shape index (κ1) is 11.9. The van der Waals surface area contributed by atoms with Crippen LogP contribution in [-0.4, -0.2) is 16.3 Å². The van der Waals surface area contributed by atoms with Crippen molar-refractivity contribution in [3.05, 3.63) is 34.2 Å². The van der Waals surface area contributed by atoms with E-state index in [9.17, 15) is 4.79 Å². The lowest BCUT2D eigenvalue weighted by molar-refractivity contribution is 0.281. The fraction of sp³-hybridized carbons (Fsp3) is 0.545. The molecule has 0 fully saturated rings. The molecule has 0 unspecified atom stereocenters. The monoisotopic (exact) mass is 210 g/mol. The number of hydrogen-bond acceptors (Lipinski definition) is 3. The van der Waals surface area contributed by atoms with Gasteiger partial charge in [-0.1, -0.05) is 6.07 Å². The molecule has 1 aromatic heterocycles. The molecule has 0 aliphatic carbocycles.